The van der Waals surface area contributed by atoms with Crippen LogP contribution in [0, 0.1) is 5.82 Å². The van der Waals surface area contributed by atoms with Crippen LogP contribution in [0.5, 0.6) is 0 Å². The van der Waals surface area contributed by atoms with Crippen LogP contribution in [-0.2, 0) is 6.61 Å². The van der Waals surface area contributed by atoms with Crippen LogP contribution in [0.1, 0.15) is 12.5 Å². The number of aliphatic hydroxyl groups excluding tert-OH is 1. The van der Waals surface area contributed by atoms with E-state index in [0.29, 0.717) is 17.4 Å². The zero-order chi connectivity index (χ0) is 12.4. The van der Waals surface area contributed by atoms with Gasteiger partial charge in [-0.25, -0.2) is 9.37 Å². The van der Waals surface area contributed by atoms with Crippen molar-refractivity contribution in [3.8, 4) is 0 Å². The van der Waals surface area contributed by atoms with E-state index in [9.17, 15) is 9.50 Å². The molecule has 1 aliphatic heterocycles. The number of rotatable bonds is 2. The molecule has 1 atom stereocenters. The fourth-order valence-corrected chi connectivity index (χ4v) is 2.12. The third kappa shape index (κ3) is 2.56. The highest BCUT2D eigenvalue weighted by Gasteiger charge is 2.23. The molecular formula is C12H18FN3O. The van der Waals surface area contributed by atoms with Gasteiger partial charge in [0.05, 0.1) is 12.8 Å². The smallest absolute Gasteiger partial charge is 0.142 e. The maximum Gasteiger partial charge on any atom is 0.142 e. The Bertz CT molecular complexity index is 399. The molecule has 1 aliphatic rings. The molecule has 1 saturated heterocycles. The van der Waals surface area contributed by atoms with E-state index in [2.05, 4.69) is 28.8 Å². The molecule has 2 heterocycles. The highest BCUT2D eigenvalue weighted by atomic mass is 19.1. The van der Waals surface area contributed by atoms with Gasteiger partial charge >= 0.3 is 0 Å². The van der Waals surface area contributed by atoms with Crippen LogP contribution < -0.4 is 4.90 Å². The molecule has 0 saturated carbocycles. The fourth-order valence-electron chi connectivity index (χ4n) is 2.12. The number of nitrogens with zero attached hydrogens (tertiary/aromatic N) is 3. The quantitative estimate of drug-likeness (QED) is 0.830. The Hall–Kier alpha value is -1.20. The summed E-state index contributed by atoms with van der Waals surface area (Å²) < 4.78 is 13.0. The highest BCUT2D eigenvalue weighted by Crippen LogP contribution is 2.21. The van der Waals surface area contributed by atoms with Gasteiger partial charge in [0, 0.05) is 31.2 Å². The van der Waals surface area contributed by atoms with Crippen molar-refractivity contribution in [1.82, 2.24) is 9.88 Å². The van der Waals surface area contributed by atoms with Gasteiger partial charge < -0.3 is 14.9 Å². The van der Waals surface area contributed by atoms with E-state index in [1.165, 1.54) is 12.3 Å². The van der Waals surface area contributed by atoms with Gasteiger partial charge in [0.2, 0.25) is 0 Å². The van der Waals surface area contributed by atoms with E-state index >= 15 is 0 Å². The Morgan fingerprint density at radius 3 is 2.94 bits per heavy atom. The molecule has 1 fully saturated rings. The van der Waals surface area contributed by atoms with Crippen molar-refractivity contribution >= 4 is 5.82 Å². The number of halogens is 1. The minimum absolute atomic E-state index is 0.180. The molecule has 0 aromatic carbocycles. The molecule has 0 amide bonds. The van der Waals surface area contributed by atoms with Gasteiger partial charge in [0.1, 0.15) is 11.6 Å². The van der Waals surface area contributed by atoms with Crippen molar-refractivity contribution in [2.75, 3.05) is 31.6 Å². The summed E-state index contributed by atoms with van der Waals surface area (Å²) in [6, 6.07) is 1.79. The summed E-state index contributed by atoms with van der Waals surface area (Å²) in [5, 5.41) is 9.25. The van der Waals surface area contributed by atoms with Gasteiger partial charge in [-0.05, 0) is 20.0 Å². The summed E-state index contributed by atoms with van der Waals surface area (Å²) in [6.07, 6.45) is 1.21. The maximum atomic E-state index is 13.0. The number of aliphatic hydroxyl groups is 1. The van der Waals surface area contributed by atoms with Crippen molar-refractivity contribution in [2.45, 2.75) is 19.6 Å². The lowest BCUT2D eigenvalue weighted by Gasteiger charge is -2.38. The molecule has 94 valence electrons. The van der Waals surface area contributed by atoms with Crippen molar-refractivity contribution in [3.05, 3.63) is 23.6 Å². The Kier molecular flexibility index (Phi) is 3.59. The third-order valence-electron chi connectivity index (χ3n) is 3.34. The number of piperazine rings is 1. The zero-order valence-electron chi connectivity index (χ0n) is 10.2. The summed E-state index contributed by atoms with van der Waals surface area (Å²) in [4.78, 5) is 8.49. The van der Waals surface area contributed by atoms with Gasteiger partial charge in [-0.1, -0.05) is 0 Å². The average Bonchev–Trinajstić information content (AvgIpc) is 2.32. The van der Waals surface area contributed by atoms with E-state index in [1.54, 1.807) is 0 Å². The molecule has 1 unspecified atom stereocenters. The van der Waals surface area contributed by atoms with Crippen LogP contribution in [0.15, 0.2) is 12.3 Å². The van der Waals surface area contributed by atoms with Gasteiger partial charge in [-0.15, -0.1) is 0 Å². The first-order chi connectivity index (χ1) is 8.11. The summed E-state index contributed by atoms with van der Waals surface area (Å²) in [5.74, 6) is 0.300. The number of pyridine rings is 1. The van der Waals surface area contributed by atoms with Crippen LogP contribution in [0.2, 0.25) is 0 Å². The standard InChI is InChI=1S/C12H18FN3O/c1-9-7-16(4-3-15(9)2)12-10(8-17)5-11(13)6-14-12/h5-6,9,17H,3-4,7-8H2,1-2H3. The molecule has 17 heavy (non-hydrogen) atoms. The molecule has 0 radical (unpaired) electrons. The van der Waals surface area contributed by atoms with Gasteiger partial charge in [-0.2, -0.15) is 0 Å². The molecule has 0 spiro atoms. The maximum absolute atomic E-state index is 13.0. The number of anilines is 1. The van der Waals surface area contributed by atoms with Gasteiger partial charge in [0.15, 0.2) is 0 Å². The SMILES string of the molecule is CC1CN(c2ncc(F)cc2CO)CCN1C. The van der Waals surface area contributed by atoms with E-state index in [0.717, 1.165) is 19.6 Å². The monoisotopic (exact) mass is 239 g/mol. The van der Waals surface area contributed by atoms with Crippen molar-refractivity contribution in [1.29, 1.82) is 0 Å². The van der Waals surface area contributed by atoms with Crippen molar-refractivity contribution in [3.63, 3.8) is 0 Å². The normalized spacial score (nSPS) is 21.9. The molecule has 0 aliphatic carbocycles. The Labute approximate surface area is 101 Å². The lowest BCUT2D eigenvalue weighted by atomic mass is 10.1. The third-order valence-corrected chi connectivity index (χ3v) is 3.34. The molecular weight excluding hydrogens is 221 g/mol. The molecule has 0 bridgehead atoms. The van der Waals surface area contributed by atoms with Gasteiger partial charge in [-0.3, -0.25) is 0 Å². The minimum Gasteiger partial charge on any atom is -0.392 e. The zero-order valence-corrected chi connectivity index (χ0v) is 10.2. The van der Waals surface area contributed by atoms with Crippen molar-refractivity contribution < 1.29 is 9.50 Å². The Balaban J connectivity index is 2.22. The first-order valence-corrected chi connectivity index (χ1v) is 5.82. The molecule has 1 N–H and O–H groups in total. The summed E-state index contributed by atoms with van der Waals surface area (Å²) in [7, 11) is 2.09. The van der Waals surface area contributed by atoms with Crippen LogP contribution in [0.25, 0.3) is 0 Å². The first-order valence-electron chi connectivity index (χ1n) is 5.82. The van der Waals surface area contributed by atoms with Crippen LogP contribution in [-0.4, -0.2) is 47.7 Å². The lowest BCUT2D eigenvalue weighted by Crippen LogP contribution is -2.50. The topological polar surface area (TPSA) is 39.6 Å². The molecule has 2 rings (SSSR count). The van der Waals surface area contributed by atoms with Gasteiger partial charge in [0.25, 0.3) is 0 Å². The molecule has 1 aromatic rings. The average molecular weight is 239 g/mol. The number of hydrogen-bond donors (Lipinski definition) is 1. The lowest BCUT2D eigenvalue weighted by molar-refractivity contribution is 0.232. The summed E-state index contributed by atoms with van der Waals surface area (Å²) in [6.45, 7) is 4.62. The summed E-state index contributed by atoms with van der Waals surface area (Å²) in [5.41, 5.74) is 0.557. The van der Waals surface area contributed by atoms with Crippen LogP contribution in [0.4, 0.5) is 10.2 Å². The molecule has 1 aromatic heterocycles. The molecule has 5 heteroatoms. The summed E-state index contributed by atoms with van der Waals surface area (Å²) >= 11 is 0. The number of aromatic nitrogens is 1. The van der Waals surface area contributed by atoms with E-state index in [1.807, 2.05) is 0 Å². The second-order valence-corrected chi connectivity index (χ2v) is 4.57. The minimum atomic E-state index is -0.403. The predicted molar refractivity (Wildman–Crippen MR) is 64.4 cm³/mol. The van der Waals surface area contributed by atoms with E-state index < -0.39 is 5.82 Å². The van der Waals surface area contributed by atoms with E-state index in [-0.39, 0.29) is 6.61 Å². The van der Waals surface area contributed by atoms with Crippen molar-refractivity contribution in [2.24, 2.45) is 0 Å². The van der Waals surface area contributed by atoms with Crippen LogP contribution >= 0.6 is 0 Å². The first kappa shape index (κ1) is 12.3. The number of likely N-dealkylation sites (N-methyl/N-ethyl adjacent to an activating group) is 1. The highest BCUT2D eigenvalue weighted by molar-refractivity contribution is 5.47. The largest absolute Gasteiger partial charge is 0.392 e. The Morgan fingerprint density at radius 1 is 1.53 bits per heavy atom. The van der Waals surface area contributed by atoms with Crippen LogP contribution in [0.3, 0.4) is 0 Å². The Morgan fingerprint density at radius 2 is 2.29 bits per heavy atom. The second-order valence-electron chi connectivity index (χ2n) is 4.57. The second kappa shape index (κ2) is 4.98. The number of hydrogen-bond acceptors (Lipinski definition) is 4. The van der Waals surface area contributed by atoms with E-state index in [4.69, 9.17) is 0 Å². The fraction of sp³-hybridized carbons (Fsp3) is 0.583. The predicted octanol–water partition coefficient (Wildman–Crippen LogP) is 0.853. The molecule has 4 nitrogen and oxygen atoms in total.